The molecule has 8 nitrogen and oxygen atoms in total. The number of rotatable bonds is 4. The van der Waals surface area contributed by atoms with Crippen LogP contribution in [0.5, 0.6) is 0 Å². The second kappa shape index (κ2) is 5.17. The molecule has 0 aliphatic heterocycles. The molecular weight excluding hydrogens is 296 g/mol. The Balaban J connectivity index is 2.46. The molecule has 1 heterocycles. The van der Waals surface area contributed by atoms with Crippen LogP contribution in [0.2, 0.25) is 0 Å². The Kier molecular flexibility index (Phi) is 3.69. The summed E-state index contributed by atoms with van der Waals surface area (Å²) in [5.41, 5.74) is 1.32. The van der Waals surface area contributed by atoms with Crippen molar-refractivity contribution in [3.63, 3.8) is 0 Å². The molecule has 112 valence electrons. The van der Waals surface area contributed by atoms with Crippen molar-refractivity contribution in [3.05, 3.63) is 45.3 Å². The number of benzene rings is 1. The highest BCUT2D eigenvalue weighted by Crippen LogP contribution is 2.26. The van der Waals surface area contributed by atoms with Crippen LogP contribution < -0.4 is 4.72 Å². The highest BCUT2D eigenvalue weighted by molar-refractivity contribution is 7.92. The van der Waals surface area contributed by atoms with Crippen LogP contribution in [0.15, 0.2) is 23.1 Å². The Hall–Kier alpha value is -2.42. The standard InChI is InChI=1S/C12H14N4O4S/c1-7-4-5-10(16(17)18)6-11(7)15-21(19,20)12-8(2)13-14-9(12)3/h4-6,15H,1-3H3,(H,13,14). The molecule has 0 fully saturated rings. The van der Waals surface area contributed by atoms with Gasteiger partial charge in [0.15, 0.2) is 0 Å². The molecule has 0 spiro atoms. The highest BCUT2D eigenvalue weighted by atomic mass is 32.2. The number of hydrogen-bond acceptors (Lipinski definition) is 5. The molecule has 0 unspecified atom stereocenters. The van der Waals surface area contributed by atoms with Crippen molar-refractivity contribution < 1.29 is 13.3 Å². The summed E-state index contributed by atoms with van der Waals surface area (Å²) < 4.78 is 27.2. The number of non-ortho nitro benzene ring substituents is 1. The summed E-state index contributed by atoms with van der Waals surface area (Å²) in [4.78, 5) is 10.3. The van der Waals surface area contributed by atoms with Crippen LogP contribution in [0.4, 0.5) is 11.4 Å². The monoisotopic (exact) mass is 310 g/mol. The predicted octanol–water partition coefficient (Wildman–Crippen LogP) is 2.04. The van der Waals surface area contributed by atoms with Gasteiger partial charge < -0.3 is 0 Å². The first-order chi connectivity index (χ1) is 9.72. The summed E-state index contributed by atoms with van der Waals surface area (Å²) in [6.07, 6.45) is 0. The van der Waals surface area contributed by atoms with E-state index in [0.717, 1.165) is 0 Å². The van der Waals surface area contributed by atoms with Crippen molar-refractivity contribution in [3.8, 4) is 0 Å². The summed E-state index contributed by atoms with van der Waals surface area (Å²) in [7, 11) is -3.86. The number of aryl methyl sites for hydroxylation is 3. The summed E-state index contributed by atoms with van der Waals surface area (Å²) in [5, 5.41) is 17.2. The topological polar surface area (TPSA) is 118 Å². The van der Waals surface area contributed by atoms with E-state index in [1.165, 1.54) is 18.2 Å². The third-order valence-corrected chi connectivity index (χ3v) is 4.63. The van der Waals surface area contributed by atoms with E-state index < -0.39 is 14.9 Å². The van der Waals surface area contributed by atoms with Gasteiger partial charge in [0.05, 0.1) is 22.0 Å². The Labute approximate surface area is 121 Å². The number of hydrogen-bond donors (Lipinski definition) is 2. The zero-order valence-corrected chi connectivity index (χ0v) is 12.5. The lowest BCUT2D eigenvalue weighted by Gasteiger charge is -2.10. The van der Waals surface area contributed by atoms with Crippen LogP contribution >= 0.6 is 0 Å². The maximum absolute atomic E-state index is 12.4. The van der Waals surface area contributed by atoms with E-state index in [9.17, 15) is 18.5 Å². The van der Waals surface area contributed by atoms with E-state index in [2.05, 4.69) is 14.9 Å². The van der Waals surface area contributed by atoms with Crippen LogP contribution in [0, 0.1) is 30.9 Å². The van der Waals surface area contributed by atoms with E-state index in [0.29, 0.717) is 17.0 Å². The number of anilines is 1. The van der Waals surface area contributed by atoms with E-state index >= 15 is 0 Å². The van der Waals surface area contributed by atoms with Crippen molar-refractivity contribution >= 4 is 21.4 Å². The molecule has 2 aromatic rings. The zero-order valence-electron chi connectivity index (χ0n) is 11.7. The van der Waals surface area contributed by atoms with Crippen molar-refractivity contribution in [2.75, 3.05) is 4.72 Å². The Morgan fingerprint density at radius 2 is 1.95 bits per heavy atom. The fourth-order valence-electron chi connectivity index (χ4n) is 1.97. The maximum atomic E-state index is 12.4. The minimum atomic E-state index is -3.86. The molecule has 0 amide bonds. The third-order valence-electron chi connectivity index (χ3n) is 3.01. The first-order valence-electron chi connectivity index (χ1n) is 6.02. The van der Waals surface area contributed by atoms with Gasteiger partial charge in [-0.25, -0.2) is 8.42 Å². The quantitative estimate of drug-likeness (QED) is 0.661. The first kappa shape index (κ1) is 15.0. The number of sulfonamides is 1. The second-order valence-electron chi connectivity index (χ2n) is 4.62. The summed E-state index contributed by atoms with van der Waals surface area (Å²) in [6, 6.07) is 4.00. The lowest BCUT2D eigenvalue weighted by molar-refractivity contribution is -0.384. The molecule has 0 aliphatic rings. The van der Waals surface area contributed by atoms with Gasteiger partial charge in [0.25, 0.3) is 15.7 Å². The van der Waals surface area contributed by atoms with Gasteiger partial charge in [-0.05, 0) is 26.3 Å². The van der Waals surface area contributed by atoms with Gasteiger partial charge >= 0.3 is 0 Å². The largest absolute Gasteiger partial charge is 0.281 e. The Morgan fingerprint density at radius 1 is 1.29 bits per heavy atom. The molecule has 0 radical (unpaired) electrons. The summed E-state index contributed by atoms with van der Waals surface area (Å²) >= 11 is 0. The number of aromatic amines is 1. The first-order valence-corrected chi connectivity index (χ1v) is 7.50. The average Bonchev–Trinajstić information content (AvgIpc) is 2.71. The van der Waals surface area contributed by atoms with Crippen LogP contribution in [-0.2, 0) is 10.0 Å². The minimum absolute atomic E-state index is 0.0495. The smallest absolute Gasteiger partial charge is 0.271 e. The third kappa shape index (κ3) is 2.87. The molecule has 0 bridgehead atoms. The van der Waals surface area contributed by atoms with Crippen molar-refractivity contribution in [1.82, 2.24) is 10.2 Å². The number of nitrogens with one attached hydrogen (secondary N) is 2. The number of nitrogens with zero attached hydrogens (tertiary/aromatic N) is 2. The highest BCUT2D eigenvalue weighted by Gasteiger charge is 2.23. The molecular formula is C12H14N4O4S. The molecule has 9 heteroatoms. The average molecular weight is 310 g/mol. The molecule has 2 rings (SSSR count). The van der Waals surface area contributed by atoms with Crippen LogP contribution in [-0.4, -0.2) is 23.5 Å². The lowest BCUT2D eigenvalue weighted by Crippen LogP contribution is -2.15. The van der Waals surface area contributed by atoms with Crippen molar-refractivity contribution in [2.45, 2.75) is 25.7 Å². The van der Waals surface area contributed by atoms with Gasteiger partial charge in [-0.1, -0.05) is 6.07 Å². The number of nitro groups is 1. The normalized spacial score (nSPS) is 11.4. The van der Waals surface area contributed by atoms with E-state index in [4.69, 9.17) is 0 Å². The molecule has 0 saturated heterocycles. The van der Waals surface area contributed by atoms with Crippen LogP contribution in [0.1, 0.15) is 17.0 Å². The SMILES string of the molecule is Cc1ccc([N+](=O)[O-])cc1NS(=O)(=O)c1c(C)n[nH]c1C. The second-order valence-corrected chi connectivity index (χ2v) is 6.24. The zero-order chi connectivity index (χ0) is 15.8. The van der Waals surface area contributed by atoms with Crippen LogP contribution in [0.3, 0.4) is 0 Å². The minimum Gasteiger partial charge on any atom is -0.281 e. The lowest BCUT2D eigenvalue weighted by atomic mass is 10.2. The van der Waals surface area contributed by atoms with Gasteiger partial charge in [0, 0.05) is 12.1 Å². The molecule has 0 aliphatic carbocycles. The van der Waals surface area contributed by atoms with Crippen LogP contribution in [0.25, 0.3) is 0 Å². The fraction of sp³-hybridized carbons (Fsp3) is 0.250. The molecule has 1 aromatic carbocycles. The predicted molar refractivity (Wildman–Crippen MR) is 76.7 cm³/mol. The Morgan fingerprint density at radius 3 is 2.48 bits per heavy atom. The Bertz CT molecular complexity index is 791. The number of H-pyrrole nitrogens is 1. The van der Waals surface area contributed by atoms with Gasteiger partial charge in [-0.3, -0.25) is 19.9 Å². The van der Waals surface area contributed by atoms with Gasteiger partial charge in [0.2, 0.25) is 0 Å². The molecule has 0 atom stereocenters. The molecule has 2 N–H and O–H groups in total. The fourth-order valence-corrected chi connectivity index (χ4v) is 3.46. The molecule has 0 saturated carbocycles. The number of aromatic nitrogens is 2. The summed E-state index contributed by atoms with van der Waals surface area (Å²) in [5.74, 6) is 0. The number of nitro benzene ring substituents is 1. The molecule has 1 aromatic heterocycles. The van der Waals surface area contributed by atoms with Gasteiger partial charge in [-0.2, -0.15) is 5.10 Å². The van der Waals surface area contributed by atoms with Crippen molar-refractivity contribution in [2.24, 2.45) is 0 Å². The van der Waals surface area contributed by atoms with E-state index in [-0.39, 0.29) is 16.3 Å². The maximum Gasteiger partial charge on any atom is 0.271 e. The van der Waals surface area contributed by atoms with E-state index in [1.807, 2.05) is 0 Å². The van der Waals surface area contributed by atoms with E-state index in [1.54, 1.807) is 20.8 Å². The van der Waals surface area contributed by atoms with Gasteiger partial charge in [-0.15, -0.1) is 0 Å². The van der Waals surface area contributed by atoms with Gasteiger partial charge in [0.1, 0.15) is 4.90 Å². The summed E-state index contributed by atoms with van der Waals surface area (Å²) in [6.45, 7) is 4.82. The molecule has 21 heavy (non-hydrogen) atoms. The van der Waals surface area contributed by atoms with Crippen molar-refractivity contribution in [1.29, 1.82) is 0 Å².